The van der Waals surface area contributed by atoms with Crippen LogP contribution in [0.15, 0.2) is 185 Å². The van der Waals surface area contributed by atoms with Crippen LogP contribution in [0.25, 0.3) is 89.7 Å². The van der Waals surface area contributed by atoms with Gasteiger partial charge in [-0.2, -0.15) is 94.1 Å². The van der Waals surface area contributed by atoms with E-state index in [1.807, 2.05) is 143 Å². The van der Waals surface area contributed by atoms with Gasteiger partial charge in [-0.25, -0.2) is 49.8 Å². The van der Waals surface area contributed by atoms with Crippen LogP contribution in [0.4, 0.5) is 23.3 Å². The van der Waals surface area contributed by atoms with Gasteiger partial charge in [-0.1, -0.05) is 24.3 Å². The number of thioether (sulfide) groups is 16. The molecule has 8 bridgehead atoms. The summed E-state index contributed by atoms with van der Waals surface area (Å²) >= 11 is 32.4. The largest absolute Gasteiger partial charge is 0.355 e. The molecule has 0 unspecified atom stereocenters. The van der Waals surface area contributed by atoms with Crippen molar-refractivity contribution in [2.75, 3.05) is 210 Å². The minimum atomic E-state index is 0.645. The molecule has 2 N–H and O–H groups in total. The van der Waals surface area contributed by atoms with E-state index in [0.29, 0.717) is 23.3 Å². The highest BCUT2D eigenvalue weighted by Gasteiger charge is 2.29. The van der Waals surface area contributed by atoms with Crippen LogP contribution in [0.2, 0.25) is 0 Å². The van der Waals surface area contributed by atoms with E-state index in [2.05, 4.69) is 221 Å². The van der Waals surface area contributed by atoms with E-state index in [1.54, 1.807) is 0 Å². The molecule has 650 valence electrons. The first-order chi connectivity index (χ1) is 61.5. The first-order valence-corrected chi connectivity index (χ1v) is 60.5. The van der Waals surface area contributed by atoms with Gasteiger partial charge in [0.25, 0.3) is 0 Å². The molecule has 0 atom stereocenters. The molecular formula is C92H106N16S16. The highest BCUT2D eigenvalue weighted by atomic mass is 32.2. The van der Waals surface area contributed by atoms with Crippen LogP contribution in [-0.4, -0.2) is 250 Å². The summed E-state index contributed by atoms with van der Waals surface area (Å²) in [5.41, 5.74) is 6.90. The molecule has 0 fully saturated rings. The highest BCUT2D eigenvalue weighted by Crippen LogP contribution is 2.48. The SMILES string of the molecule is c1ccc(N2CCSCCCSc3cc4c(cc3SCCCSCC2)-c2nc-4nc3[nH]c(nc4nc(nc5[nH]c(n2)c2cc6c(cc52)SCCCSCCN(c2ccccn2)CCSCCCS6)-c2cc5c(cc2-4)SCCCSCCN(c2ccccn2)CCSCCCS5)c2cc4c(cc32)SCCCSCCN(c2ccccn2)CCSCCCS4)nc1. The van der Waals surface area contributed by atoms with Gasteiger partial charge >= 0.3 is 0 Å². The van der Waals surface area contributed by atoms with Gasteiger partial charge in [-0.3, -0.25) is 0 Å². The molecule has 124 heavy (non-hydrogen) atoms. The number of fused-ring (bicyclic) bond motifs is 24. The fourth-order valence-electron chi connectivity index (χ4n) is 15.2. The summed E-state index contributed by atoms with van der Waals surface area (Å²) < 4.78 is 0. The Balaban J connectivity index is 0.798. The van der Waals surface area contributed by atoms with E-state index in [4.69, 9.17) is 49.8 Å². The van der Waals surface area contributed by atoms with Gasteiger partial charge in [0.2, 0.25) is 0 Å². The number of aromatic nitrogens is 12. The van der Waals surface area contributed by atoms with Crippen LogP contribution < -0.4 is 19.6 Å². The Labute approximate surface area is 799 Å². The molecule has 16 nitrogen and oxygen atoms in total. The minimum absolute atomic E-state index is 0.645. The van der Waals surface area contributed by atoms with Crippen molar-refractivity contribution >= 4 is 256 Å². The third-order valence-electron chi connectivity index (χ3n) is 21.5. The number of nitrogens with one attached hydrogen (secondary N) is 2. The molecule has 0 amide bonds. The maximum absolute atomic E-state index is 5.89. The molecular weight excluding hydrogens is 1840 g/mol. The molecule has 17 rings (SSSR count). The smallest absolute Gasteiger partial charge is 0.164 e. The van der Waals surface area contributed by atoms with Crippen molar-refractivity contribution in [3.8, 4) is 45.6 Å². The second-order valence-corrected chi connectivity index (χ2v) is 49.1. The summed E-state index contributed by atoms with van der Waals surface area (Å²) in [6.45, 7) is 7.94. The summed E-state index contributed by atoms with van der Waals surface area (Å²) in [4.78, 5) is 82.4. The van der Waals surface area contributed by atoms with Gasteiger partial charge < -0.3 is 29.6 Å². The van der Waals surface area contributed by atoms with Gasteiger partial charge in [-0.05, 0) is 240 Å². The van der Waals surface area contributed by atoms with E-state index in [-0.39, 0.29) is 0 Å². The molecule has 0 aliphatic carbocycles. The van der Waals surface area contributed by atoms with Gasteiger partial charge in [0.15, 0.2) is 23.3 Å². The summed E-state index contributed by atoms with van der Waals surface area (Å²) in [7, 11) is 0. The van der Waals surface area contributed by atoms with Crippen LogP contribution in [0.1, 0.15) is 51.4 Å². The van der Waals surface area contributed by atoms with Crippen molar-refractivity contribution in [1.29, 1.82) is 0 Å². The number of pyridine rings is 4. The van der Waals surface area contributed by atoms with Gasteiger partial charge in [0.1, 0.15) is 45.9 Å². The van der Waals surface area contributed by atoms with Crippen LogP contribution in [-0.2, 0) is 0 Å². The number of benzene rings is 4. The quantitative estimate of drug-likeness (QED) is 0.170. The summed E-state index contributed by atoms with van der Waals surface area (Å²) in [5.74, 6) is 32.2. The topological polar surface area (TPSA) is 173 Å². The monoisotopic (exact) mass is 1950 g/mol. The van der Waals surface area contributed by atoms with E-state index >= 15 is 0 Å². The highest BCUT2D eigenvalue weighted by molar-refractivity contribution is 8.05. The van der Waals surface area contributed by atoms with Crippen molar-refractivity contribution in [3.05, 3.63) is 146 Å². The van der Waals surface area contributed by atoms with Crippen molar-refractivity contribution < 1.29 is 0 Å². The third kappa shape index (κ3) is 25.3. The maximum atomic E-state index is 5.89. The predicted molar refractivity (Wildman–Crippen MR) is 563 cm³/mol. The standard InChI is InChI=1S/C92H106N16S16/c1-5-21-93-81(17-1)105-25-49-109-33-9-41-117-73-57-65-66(58-74(73)118-42-10-34-110-50-26-105)86-97-85(65)101-87-67-59-75-77(121-45-13-37-113-53-29-106(82-18-2-6-22-94-82)27-51-111-35-11-43-119-75)61-69(67)89(98-87)103-91-71-63-79-80(124-48-16-40-116-56-32-108(84-20-4-8-24-96-84)31-55-115-39-15-47-123-79)64-72(71)92(100-91)104-90-70-62-78-76(60-68(70)88(99-90)102-86)120-44-12-36-112-52-28-107(83-19-3-7-23-95-83)30-54-114-38-14-46-122-78/h1-8,17-24,57-64H,9-16,25-56H2,(H2,97,98,99,100,101,102,103,104). The molecule has 7 aromatic heterocycles. The average molecular weight is 1950 g/mol. The molecule has 0 spiro atoms. The average Bonchev–Trinajstić information content (AvgIpc) is 1.59. The summed E-state index contributed by atoms with van der Waals surface area (Å²) in [6.07, 6.45) is 16.5. The molecule has 0 saturated heterocycles. The summed E-state index contributed by atoms with van der Waals surface area (Å²) in [5, 5.41) is 4.08. The molecule has 6 aliphatic rings. The lowest BCUT2D eigenvalue weighted by Gasteiger charge is -2.23. The first kappa shape index (κ1) is 91.5. The molecule has 13 heterocycles. The Hall–Kier alpha value is -4.36. The Kier molecular flexibility index (Phi) is 35.9. The van der Waals surface area contributed by atoms with E-state index in [0.717, 1.165) is 331 Å². The normalized spacial score (nSPS) is 18.4. The lowest BCUT2D eigenvalue weighted by atomic mass is 10.1. The molecule has 4 aromatic carbocycles. The van der Waals surface area contributed by atoms with Crippen LogP contribution in [0, 0.1) is 0 Å². The van der Waals surface area contributed by atoms with Gasteiger partial charge in [-0.15, -0.1) is 94.1 Å². The Morgan fingerprint density at radius 1 is 0.210 bits per heavy atom. The van der Waals surface area contributed by atoms with E-state index in [9.17, 15) is 0 Å². The Morgan fingerprint density at radius 3 is 0.589 bits per heavy atom. The van der Waals surface area contributed by atoms with Crippen LogP contribution in [0.5, 0.6) is 0 Å². The van der Waals surface area contributed by atoms with Crippen molar-refractivity contribution in [2.24, 2.45) is 0 Å². The molecule has 6 aliphatic heterocycles. The van der Waals surface area contributed by atoms with Crippen LogP contribution >= 0.6 is 188 Å². The number of nitrogens with zero attached hydrogens (tertiary/aromatic N) is 14. The zero-order valence-corrected chi connectivity index (χ0v) is 83.0. The zero-order valence-electron chi connectivity index (χ0n) is 69.9. The van der Waals surface area contributed by atoms with Gasteiger partial charge in [0.05, 0.1) is 0 Å². The van der Waals surface area contributed by atoms with Crippen molar-refractivity contribution in [2.45, 2.75) is 90.5 Å². The molecule has 11 aromatic rings. The van der Waals surface area contributed by atoms with E-state index in [1.165, 1.54) is 39.2 Å². The molecule has 32 heteroatoms. The van der Waals surface area contributed by atoms with Crippen LogP contribution in [0.3, 0.4) is 0 Å². The second kappa shape index (κ2) is 48.7. The van der Waals surface area contributed by atoms with Gasteiger partial charge in [0, 0.05) is 206 Å². The minimum Gasteiger partial charge on any atom is -0.355 e. The number of aromatic amines is 2. The Bertz CT molecular complexity index is 4880. The fraction of sp³-hybridized carbons (Fsp3) is 0.435. The maximum Gasteiger partial charge on any atom is 0.164 e. The van der Waals surface area contributed by atoms with Crippen molar-refractivity contribution in [1.82, 2.24) is 59.8 Å². The lowest BCUT2D eigenvalue weighted by Crippen LogP contribution is -2.29. The first-order valence-electron chi connectivity index (χ1n) is 43.4. The summed E-state index contributed by atoms with van der Waals surface area (Å²) in [6, 6.07) is 44.6. The predicted octanol–water partition coefficient (Wildman–Crippen LogP) is 24.3. The molecule has 0 saturated carbocycles. The van der Waals surface area contributed by atoms with E-state index < -0.39 is 0 Å². The number of H-pyrrole nitrogens is 2. The number of hydrogen-bond acceptors (Lipinski definition) is 30. The van der Waals surface area contributed by atoms with Crippen molar-refractivity contribution in [3.63, 3.8) is 0 Å². The fourth-order valence-corrected chi connectivity index (χ4v) is 32.6. The second-order valence-electron chi connectivity index (χ2n) is 30.2. The molecule has 0 radical (unpaired) electrons. The third-order valence-corrected chi connectivity index (χ3v) is 39.6. The number of hydrogen-bond donors (Lipinski definition) is 2. The lowest BCUT2D eigenvalue weighted by molar-refractivity contribution is 0.856. The zero-order chi connectivity index (χ0) is 83.5. The Morgan fingerprint density at radius 2 is 0.403 bits per heavy atom. The number of anilines is 4. The number of rotatable bonds is 4.